The number of amidine groups is 1. The average molecular weight is 696 g/mol. The molecule has 1 amide bonds. The van der Waals surface area contributed by atoms with E-state index in [1.807, 2.05) is 12.1 Å². The van der Waals surface area contributed by atoms with Gasteiger partial charge in [0.25, 0.3) is 5.91 Å². The van der Waals surface area contributed by atoms with Crippen LogP contribution in [0, 0.1) is 0 Å². The Morgan fingerprint density at radius 1 is 0.930 bits per heavy atom. The minimum Gasteiger partial charge on any atom is -0.463 e. The molecule has 4 rings (SSSR count). The first kappa shape index (κ1) is 32.4. The monoisotopic (exact) mass is 694 g/mol. The lowest BCUT2D eigenvalue weighted by atomic mass is 9.99. The largest absolute Gasteiger partial charge is 0.463 e. The van der Waals surface area contributed by atoms with Crippen LogP contribution in [0.5, 0.6) is 0 Å². The van der Waals surface area contributed by atoms with Crippen molar-refractivity contribution in [3.8, 4) is 0 Å². The summed E-state index contributed by atoms with van der Waals surface area (Å²) in [6.07, 6.45) is -3.46. The highest BCUT2D eigenvalue weighted by Gasteiger charge is 2.53. The molecule has 0 spiro atoms. The number of esters is 4. The third kappa shape index (κ3) is 8.31. The van der Waals surface area contributed by atoms with Gasteiger partial charge < -0.3 is 23.7 Å². The Labute approximate surface area is 263 Å². The molecule has 5 atom stereocenters. The predicted molar refractivity (Wildman–Crippen MR) is 161 cm³/mol. The second-order valence-electron chi connectivity index (χ2n) is 9.23. The van der Waals surface area contributed by atoms with Crippen molar-refractivity contribution < 1.29 is 47.7 Å². The van der Waals surface area contributed by atoms with Crippen molar-refractivity contribution in [2.24, 2.45) is 4.99 Å². The van der Waals surface area contributed by atoms with Crippen molar-refractivity contribution in [1.82, 2.24) is 0 Å². The van der Waals surface area contributed by atoms with Crippen LogP contribution >= 0.6 is 39.0 Å². The van der Waals surface area contributed by atoms with E-state index in [0.29, 0.717) is 5.69 Å². The van der Waals surface area contributed by atoms with Crippen molar-refractivity contribution in [3.05, 3.63) is 56.8 Å². The Morgan fingerprint density at radius 2 is 1.56 bits per heavy atom. The number of amides is 1. The van der Waals surface area contributed by atoms with Crippen LogP contribution in [0.1, 0.15) is 32.6 Å². The molecule has 12 nitrogen and oxygen atoms in total. The van der Waals surface area contributed by atoms with E-state index < -0.39 is 59.6 Å². The zero-order valence-electron chi connectivity index (χ0n) is 23.4. The first-order chi connectivity index (χ1) is 20.4. The SMILES string of the molecule is CC(=O)OCC1OC(SC2=N/C(=C/c3ccc(Br)s3)C(=O)N2c2ccccc2)C(OC(C)=O)C(OC(C)=O)C1OC(C)=O. The molecule has 0 N–H and O–H groups in total. The minimum absolute atomic E-state index is 0.145. The number of halogens is 1. The molecule has 1 aromatic heterocycles. The molecule has 2 aliphatic rings. The molecule has 2 aromatic rings. The highest BCUT2D eigenvalue weighted by molar-refractivity contribution is 9.11. The molecule has 1 saturated heterocycles. The first-order valence-electron chi connectivity index (χ1n) is 12.8. The minimum atomic E-state index is -1.35. The maximum atomic E-state index is 13.7. The first-order valence-corrected chi connectivity index (χ1v) is 15.3. The molecule has 228 valence electrons. The number of nitrogens with zero attached hydrogens (tertiary/aromatic N) is 2. The van der Waals surface area contributed by atoms with E-state index in [-0.39, 0.29) is 17.5 Å². The summed E-state index contributed by atoms with van der Waals surface area (Å²) in [6.45, 7) is 4.27. The van der Waals surface area contributed by atoms with Gasteiger partial charge in [0.05, 0.1) is 9.47 Å². The van der Waals surface area contributed by atoms with Gasteiger partial charge in [-0.3, -0.25) is 28.9 Å². The third-order valence-corrected chi connectivity index (χ3v) is 8.55. The molecular weight excluding hydrogens is 668 g/mol. The summed E-state index contributed by atoms with van der Waals surface area (Å²) in [5.74, 6) is -3.25. The number of anilines is 1. The quantitative estimate of drug-likeness (QED) is 0.224. The Balaban J connectivity index is 1.77. The van der Waals surface area contributed by atoms with Gasteiger partial charge in [-0.2, -0.15) is 0 Å². The van der Waals surface area contributed by atoms with Gasteiger partial charge in [0, 0.05) is 32.6 Å². The summed E-state index contributed by atoms with van der Waals surface area (Å²) in [4.78, 5) is 68.5. The molecule has 0 saturated carbocycles. The van der Waals surface area contributed by atoms with Gasteiger partial charge in [-0.25, -0.2) is 4.99 Å². The van der Waals surface area contributed by atoms with Crippen LogP contribution in [0.15, 0.2) is 56.9 Å². The van der Waals surface area contributed by atoms with E-state index in [1.165, 1.54) is 23.2 Å². The zero-order chi connectivity index (χ0) is 31.3. The Bertz CT molecular complexity index is 1460. The van der Waals surface area contributed by atoms with Gasteiger partial charge in [-0.05, 0) is 46.3 Å². The van der Waals surface area contributed by atoms with Crippen LogP contribution in [-0.2, 0) is 47.7 Å². The van der Waals surface area contributed by atoms with Crippen molar-refractivity contribution in [1.29, 1.82) is 0 Å². The summed E-state index contributed by atoms with van der Waals surface area (Å²) in [7, 11) is 0. The number of ether oxygens (including phenoxy) is 5. The van der Waals surface area contributed by atoms with Gasteiger partial charge in [-0.15, -0.1) is 11.3 Å². The third-order valence-electron chi connectivity index (χ3n) is 5.89. The van der Waals surface area contributed by atoms with E-state index in [4.69, 9.17) is 23.7 Å². The molecule has 5 unspecified atom stereocenters. The van der Waals surface area contributed by atoms with Gasteiger partial charge in [0.2, 0.25) is 0 Å². The fraction of sp³-hybridized carbons (Fsp3) is 0.357. The molecule has 3 heterocycles. The lowest BCUT2D eigenvalue weighted by Crippen LogP contribution is -2.61. The van der Waals surface area contributed by atoms with Crippen LogP contribution < -0.4 is 4.90 Å². The number of benzene rings is 1. The van der Waals surface area contributed by atoms with E-state index in [9.17, 15) is 24.0 Å². The highest BCUT2D eigenvalue weighted by Crippen LogP contribution is 2.39. The van der Waals surface area contributed by atoms with Crippen molar-refractivity contribution >= 4 is 85.7 Å². The second kappa shape index (κ2) is 14.3. The number of rotatable bonds is 8. The molecule has 1 aromatic carbocycles. The van der Waals surface area contributed by atoms with E-state index in [2.05, 4.69) is 20.9 Å². The second-order valence-corrected chi connectivity index (χ2v) is 12.8. The van der Waals surface area contributed by atoms with Crippen LogP contribution in [0.3, 0.4) is 0 Å². The molecule has 2 aliphatic heterocycles. The molecule has 0 radical (unpaired) electrons. The van der Waals surface area contributed by atoms with Crippen molar-refractivity contribution in [3.63, 3.8) is 0 Å². The number of para-hydroxylation sites is 1. The fourth-order valence-corrected chi connectivity index (χ4v) is 6.86. The number of thiophene rings is 1. The summed E-state index contributed by atoms with van der Waals surface area (Å²) in [5, 5.41) is 0.180. The standard InChI is InChI=1S/C28H27BrN2O10S2/c1-14(32)37-13-21-23(38-15(2)33)24(39-16(3)34)25(40-17(4)35)27(41-21)43-28-30-20(12-19-10-11-22(29)42-19)26(36)31(28)18-8-6-5-7-9-18/h5-12,21,23-25,27H,13H2,1-4H3/b20-12+. The zero-order valence-corrected chi connectivity index (χ0v) is 26.6. The summed E-state index contributed by atoms with van der Waals surface area (Å²) in [5.41, 5.74) is -0.500. The van der Waals surface area contributed by atoms with Crippen molar-refractivity contribution in [2.75, 3.05) is 11.5 Å². The Hall–Kier alpha value is -3.53. The molecule has 15 heteroatoms. The average Bonchev–Trinajstić information content (AvgIpc) is 3.47. The maximum absolute atomic E-state index is 13.7. The van der Waals surface area contributed by atoms with E-state index in [0.717, 1.165) is 41.2 Å². The molecule has 0 aliphatic carbocycles. The van der Waals surface area contributed by atoms with Gasteiger partial charge >= 0.3 is 23.9 Å². The number of carbonyl (C=O) groups excluding carboxylic acids is 5. The number of hydrogen-bond acceptors (Lipinski definition) is 13. The lowest BCUT2D eigenvalue weighted by molar-refractivity contribution is -0.237. The van der Waals surface area contributed by atoms with Crippen LogP contribution in [0.4, 0.5) is 5.69 Å². The van der Waals surface area contributed by atoms with Gasteiger partial charge in [-0.1, -0.05) is 30.0 Å². The topological polar surface area (TPSA) is 147 Å². The predicted octanol–water partition coefficient (Wildman–Crippen LogP) is 4.07. The van der Waals surface area contributed by atoms with Crippen LogP contribution in [-0.4, -0.2) is 71.4 Å². The summed E-state index contributed by atoms with van der Waals surface area (Å²) in [6, 6.07) is 12.5. The number of aliphatic imine (C=N–C) groups is 1. The van der Waals surface area contributed by atoms with E-state index >= 15 is 0 Å². The molecule has 1 fully saturated rings. The number of thioether (sulfide) groups is 1. The van der Waals surface area contributed by atoms with Crippen molar-refractivity contribution in [2.45, 2.75) is 57.5 Å². The molecular formula is C28H27BrN2O10S2. The Kier molecular flexibility index (Phi) is 10.8. The molecule has 0 bridgehead atoms. The van der Waals surface area contributed by atoms with Gasteiger partial charge in [0.1, 0.15) is 18.4 Å². The number of carbonyl (C=O) groups is 5. The van der Waals surface area contributed by atoms with E-state index in [1.54, 1.807) is 36.4 Å². The van der Waals surface area contributed by atoms with Crippen LogP contribution in [0.2, 0.25) is 0 Å². The van der Waals surface area contributed by atoms with Crippen LogP contribution in [0.25, 0.3) is 6.08 Å². The lowest BCUT2D eigenvalue weighted by Gasteiger charge is -2.44. The smallest absolute Gasteiger partial charge is 0.303 e. The fourth-order valence-electron chi connectivity index (χ4n) is 4.31. The summed E-state index contributed by atoms with van der Waals surface area (Å²) < 4.78 is 28.8. The van der Waals surface area contributed by atoms with Gasteiger partial charge in [0.15, 0.2) is 28.9 Å². The maximum Gasteiger partial charge on any atom is 0.303 e. The molecule has 43 heavy (non-hydrogen) atoms. The normalized spacial score (nSPS) is 24.3. The Morgan fingerprint density at radius 3 is 2.14 bits per heavy atom. The summed E-state index contributed by atoms with van der Waals surface area (Å²) >= 11 is 5.76. The highest BCUT2D eigenvalue weighted by atomic mass is 79.9. The number of hydrogen-bond donors (Lipinski definition) is 0.